The molecule has 0 spiro atoms. The van der Waals surface area contributed by atoms with Crippen LogP contribution in [-0.2, 0) is 30.9 Å². The largest absolute Gasteiger partial charge is 0.466 e. The van der Waals surface area contributed by atoms with E-state index in [0.717, 1.165) is 18.4 Å². The third-order valence-electron chi connectivity index (χ3n) is 6.33. The van der Waals surface area contributed by atoms with Crippen molar-refractivity contribution in [3.63, 3.8) is 0 Å². The highest BCUT2D eigenvalue weighted by Gasteiger charge is 2.29. The van der Waals surface area contributed by atoms with Gasteiger partial charge in [-0.05, 0) is 50.8 Å². The number of hydrogen-bond donors (Lipinski definition) is 0. The molecule has 2 aliphatic rings. The van der Waals surface area contributed by atoms with E-state index in [-0.39, 0.29) is 22.7 Å². The van der Waals surface area contributed by atoms with Crippen LogP contribution in [0.3, 0.4) is 0 Å². The van der Waals surface area contributed by atoms with E-state index in [0.29, 0.717) is 64.1 Å². The van der Waals surface area contributed by atoms with E-state index in [1.807, 2.05) is 4.57 Å². The Balaban J connectivity index is 1.36. The van der Waals surface area contributed by atoms with Crippen LogP contribution in [0.25, 0.3) is 11.0 Å². The van der Waals surface area contributed by atoms with Gasteiger partial charge in [0.25, 0.3) is 0 Å². The maximum atomic E-state index is 12.8. The second kappa shape index (κ2) is 9.58. The first kappa shape index (κ1) is 22.7. The Morgan fingerprint density at radius 3 is 2.53 bits per heavy atom. The minimum atomic E-state index is -3.49. The van der Waals surface area contributed by atoms with Crippen LogP contribution >= 0.6 is 0 Å². The first-order valence-corrected chi connectivity index (χ1v) is 12.7. The number of piperidine rings is 1. The van der Waals surface area contributed by atoms with Crippen LogP contribution in [-0.4, -0.2) is 71.8 Å². The lowest BCUT2D eigenvalue weighted by molar-refractivity contribution is -0.151. The van der Waals surface area contributed by atoms with E-state index in [1.54, 1.807) is 36.4 Å². The highest BCUT2D eigenvalue weighted by molar-refractivity contribution is 7.89. The van der Waals surface area contributed by atoms with E-state index < -0.39 is 10.0 Å². The van der Waals surface area contributed by atoms with Crippen LogP contribution in [0.4, 0.5) is 0 Å². The molecule has 2 aliphatic heterocycles. The predicted molar refractivity (Wildman–Crippen MR) is 118 cm³/mol. The fourth-order valence-corrected chi connectivity index (χ4v) is 6.00. The number of benzene rings is 1. The molecule has 0 saturated carbocycles. The molecule has 0 N–H and O–H groups in total. The molecule has 0 radical (unpaired) electrons. The molecule has 0 bridgehead atoms. The van der Waals surface area contributed by atoms with Gasteiger partial charge < -0.3 is 14.2 Å². The zero-order chi connectivity index (χ0) is 22.7. The number of esters is 1. The fourth-order valence-electron chi connectivity index (χ4n) is 4.46. The van der Waals surface area contributed by atoms with Crippen molar-refractivity contribution in [2.75, 3.05) is 32.8 Å². The van der Waals surface area contributed by atoms with Gasteiger partial charge in [-0.3, -0.25) is 9.59 Å². The number of amides is 1. The third kappa shape index (κ3) is 4.66. The molecule has 0 atom stereocenters. The van der Waals surface area contributed by atoms with E-state index in [4.69, 9.17) is 4.74 Å². The maximum Gasteiger partial charge on any atom is 0.309 e. The van der Waals surface area contributed by atoms with Crippen LogP contribution in [0.2, 0.25) is 0 Å². The Bertz CT molecular complexity index is 1080. The molecule has 174 valence electrons. The van der Waals surface area contributed by atoms with E-state index in [1.165, 1.54) is 4.31 Å². The van der Waals surface area contributed by atoms with Gasteiger partial charge in [0.1, 0.15) is 0 Å². The van der Waals surface area contributed by atoms with Gasteiger partial charge in [-0.1, -0.05) is 0 Å². The normalized spacial score (nSPS) is 18.3. The van der Waals surface area contributed by atoms with E-state index in [2.05, 4.69) is 4.98 Å². The van der Waals surface area contributed by atoms with Gasteiger partial charge >= 0.3 is 5.97 Å². The number of carbonyl (C=O) groups is 2. The predicted octanol–water partition coefficient (Wildman–Crippen LogP) is 2.01. The number of rotatable bonds is 7. The second-order valence-corrected chi connectivity index (χ2v) is 10.3. The zero-order valence-electron chi connectivity index (χ0n) is 18.4. The van der Waals surface area contributed by atoms with Gasteiger partial charge in [0.15, 0.2) is 0 Å². The van der Waals surface area contributed by atoms with Gasteiger partial charge in [-0.2, -0.15) is 4.31 Å². The molecule has 4 rings (SSSR count). The van der Waals surface area contributed by atoms with Crippen molar-refractivity contribution in [3.05, 3.63) is 24.5 Å². The monoisotopic (exact) mass is 462 g/mol. The summed E-state index contributed by atoms with van der Waals surface area (Å²) in [6.07, 6.45) is 5.02. The summed E-state index contributed by atoms with van der Waals surface area (Å²) in [6.45, 7) is 4.88. The maximum absolute atomic E-state index is 12.8. The number of aryl methyl sites for hydroxylation is 1. The zero-order valence-corrected chi connectivity index (χ0v) is 19.2. The number of hydrogen-bond acceptors (Lipinski definition) is 6. The number of ether oxygens (including phenoxy) is 1. The Morgan fingerprint density at radius 1 is 1.12 bits per heavy atom. The van der Waals surface area contributed by atoms with Crippen molar-refractivity contribution in [1.29, 1.82) is 0 Å². The summed E-state index contributed by atoms with van der Waals surface area (Å²) in [5.74, 6) is -0.249. The molecule has 1 aromatic carbocycles. The summed E-state index contributed by atoms with van der Waals surface area (Å²) >= 11 is 0. The first-order valence-electron chi connectivity index (χ1n) is 11.3. The minimum absolute atomic E-state index is 0.0439. The smallest absolute Gasteiger partial charge is 0.309 e. The lowest BCUT2D eigenvalue weighted by atomic mass is 9.97. The van der Waals surface area contributed by atoms with Gasteiger partial charge in [0.2, 0.25) is 15.9 Å². The Labute approximate surface area is 188 Å². The number of nitrogens with zero attached hydrogens (tertiary/aromatic N) is 4. The molecule has 10 heteroatoms. The molecule has 3 heterocycles. The average Bonchev–Trinajstić information content (AvgIpc) is 3.48. The lowest BCUT2D eigenvalue weighted by Gasteiger charge is -2.31. The summed E-state index contributed by atoms with van der Waals surface area (Å²) in [6, 6.07) is 5.00. The number of sulfonamides is 1. The van der Waals surface area contributed by atoms with Crippen molar-refractivity contribution in [2.24, 2.45) is 5.92 Å². The van der Waals surface area contributed by atoms with Crippen molar-refractivity contribution in [3.8, 4) is 0 Å². The molecule has 1 aromatic heterocycles. The Hall–Kier alpha value is -2.46. The number of likely N-dealkylation sites (tertiary alicyclic amines) is 1. The third-order valence-corrected chi connectivity index (χ3v) is 8.22. The minimum Gasteiger partial charge on any atom is -0.466 e. The van der Waals surface area contributed by atoms with Crippen molar-refractivity contribution >= 4 is 32.9 Å². The number of fused-ring (bicyclic) bond motifs is 1. The highest BCUT2D eigenvalue weighted by Crippen LogP contribution is 2.24. The molecule has 2 saturated heterocycles. The first-order chi connectivity index (χ1) is 15.4. The second-order valence-electron chi connectivity index (χ2n) is 8.36. The van der Waals surface area contributed by atoms with Crippen molar-refractivity contribution in [1.82, 2.24) is 18.8 Å². The van der Waals surface area contributed by atoms with Crippen molar-refractivity contribution < 1.29 is 22.7 Å². The molecular weight excluding hydrogens is 432 g/mol. The van der Waals surface area contributed by atoms with Gasteiger partial charge in [0.05, 0.1) is 34.8 Å². The summed E-state index contributed by atoms with van der Waals surface area (Å²) < 4.78 is 34.1. The SMILES string of the molecule is CCOC(=O)C1CCN(C(=O)CCn2cnc3cc(S(=O)(=O)N4CCCC4)ccc32)CC1. The lowest BCUT2D eigenvalue weighted by Crippen LogP contribution is -2.40. The van der Waals surface area contributed by atoms with Crippen LogP contribution in [0.1, 0.15) is 39.0 Å². The molecule has 2 aromatic rings. The molecule has 9 nitrogen and oxygen atoms in total. The van der Waals surface area contributed by atoms with E-state index >= 15 is 0 Å². The van der Waals surface area contributed by atoms with Crippen molar-refractivity contribution in [2.45, 2.75) is 50.5 Å². The van der Waals surface area contributed by atoms with Gasteiger partial charge in [-0.25, -0.2) is 13.4 Å². The van der Waals surface area contributed by atoms with Crippen LogP contribution < -0.4 is 0 Å². The van der Waals surface area contributed by atoms with E-state index in [9.17, 15) is 18.0 Å². The number of aromatic nitrogens is 2. The number of carbonyl (C=O) groups excluding carboxylic acids is 2. The molecule has 0 aliphatic carbocycles. The molecular formula is C22H30N4O5S. The molecule has 1 amide bonds. The quantitative estimate of drug-likeness (QED) is 0.584. The Kier molecular flexibility index (Phi) is 6.80. The van der Waals surface area contributed by atoms with Crippen LogP contribution in [0, 0.1) is 5.92 Å². The average molecular weight is 463 g/mol. The van der Waals surface area contributed by atoms with Crippen LogP contribution in [0.15, 0.2) is 29.4 Å². The fraction of sp³-hybridized carbons (Fsp3) is 0.591. The van der Waals surface area contributed by atoms with Gasteiger partial charge in [-0.15, -0.1) is 0 Å². The summed E-state index contributed by atoms with van der Waals surface area (Å²) in [4.78, 5) is 30.9. The topological polar surface area (TPSA) is 102 Å². The Morgan fingerprint density at radius 2 is 1.84 bits per heavy atom. The standard InChI is InChI=1S/C22H30N4O5S/c1-2-31-22(28)17-7-12-24(13-8-17)21(27)9-14-25-16-23-19-15-18(5-6-20(19)25)32(29,30)26-10-3-4-11-26/h5-6,15-17H,2-4,7-14H2,1H3. The highest BCUT2D eigenvalue weighted by atomic mass is 32.2. The summed E-state index contributed by atoms with van der Waals surface area (Å²) in [5, 5.41) is 0. The molecule has 0 unspecified atom stereocenters. The summed E-state index contributed by atoms with van der Waals surface area (Å²) in [7, 11) is -3.49. The van der Waals surface area contributed by atoms with Crippen LogP contribution in [0.5, 0.6) is 0 Å². The summed E-state index contributed by atoms with van der Waals surface area (Å²) in [5.41, 5.74) is 1.41. The van der Waals surface area contributed by atoms with Gasteiger partial charge in [0, 0.05) is 39.1 Å². The molecule has 32 heavy (non-hydrogen) atoms. The molecule has 2 fully saturated rings. The number of imidazole rings is 1.